The van der Waals surface area contributed by atoms with Gasteiger partial charge in [0.05, 0.1) is 4.47 Å². The van der Waals surface area contributed by atoms with E-state index in [0.717, 1.165) is 0 Å². The first-order valence-electron chi connectivity index (χ1n) is 5.59. The molecule has 3 N–H and O–H groups in total. The molecule has 0 unspecified atom stereocenters. The van der Waals surface area contributed by atoms with Crippen LogP contribution in [-0.2, 0) is 0 Å². The van der Waals surface area contributed by atoms with E-state index in [-0.39, 0.29) is 17.5 Å². The number of halogens is 2. The van der Waals surface area contributed by atoms with Crippen LogP contribution in [-0.4, -0.2) is 16.0 Å². The lowest BCUT2D eigenvalue weighted by atomic mass is 10.2. The van der Waals surface area contributed by atoms with Crippen LogP contribution in [0.2, 0.25) is 0 Å². The Morgan fingerprint density at radius 3 is 2.80 bits per heavy atom. The summed E-state index contributed by atoms with van der Waals surface area (Å²) in [5.41, 5.74) is 6.65. The van der Waals surface area contributed by atoms with Gasteiger partial charge >= 0.3 is 0 Å². The largest absolute Gasteiger partial charge is 0.438 e. The van der Waals surface area contributed by atoms with Gasteiger partial charge in [-0.05, 0) is 47.1 Å². The fraction of sp³-hybridized carbons (Fsp3) is 0.0769. The Kier molecular flexibility index (Phi) is 4.19. The third-order valence-corrected chi connectivity index (χ3v) is 3.06. The van der Waals surface area contributed by atoms with Gasteiger partial charge in [-0.25, -0.2) is 9.37 Å². The van der Waals surface area contributed by atoms with E-state index in [1.807, 2.05) is 0 Å². The number of rotatable bonds is 3. The number of amidine groups is 1. The summed E-state index contributed by atoms with van der Waals surface area (Å²) in [5, 5.41) is 11.6. The third-order valence-electron chi connectivity index (χ3n) is 2.44. The standard InChI is InChI=1S/C13H11BrFN3O2/c1-7-4-8(13(16)18-19)5-12(17-7)20-11-3-2-9(15)6-10(11)14/h2-6,19H,1H3,(H2,16,18). The molecule has 0 spiro atoms. The maximum absolute atomic E-state index is 13.0. The number of hydrogen-bond acceptors (Lipinski definition) is 4. The lowest BCUT2D eigenvalue weighted by molar-refractivity contribution is 0.318. The average Bonchev–Trinajstić information content (AvgIpc) is 2.40. The van der Waals surface area contributed by atoms with Gasteiger partial charge in [0.25, 0.3) is 0 Å². The Morgan fingerprint density at radius 1 is 1.40 bits per heavy atom. The molecule has 1 heterocycles. The monoisotopic (exact) mass is 339 g/mol. The van der Waals surface area contributed by atoms with Gasteiger partial charge in [0, 0.05) is 17.3 Å². The van der Waals surface area contributed by atoms with Gasteiger partial charge in [-0.1, -0.05) is 5.16 Å². The van der Waals surface area contributed by atoms with Gasteiger partial charge < -0.3 is 15.7 Å². The zero-order valence-electron chi connectivity index (χ0n) is 10.5. The summed E-state index contributed by atoms with van der Waals surface area (Å²) in [4.78, 5) is 4.18. The van der Waals surface area contributed by atoms with E-state index >= 15 is 0 Å². The molecule has 0 amide bonds. The van der Waals surface area contributed by atoms with Crippen molar-refractivity contribution in [3.8, 4) is 11.6 Å². The van der Waals surface area contributed by atoms with E-state index in [9.17, 15) is 4.39 Å². The molecule has 1 aromatic heterocycles. The fourth-order valence-corrected chi connectivity index (χ4v) is 2.00. The lowest BCUT2D eigenvalue weighted by Gasteiger charge is -2.09. The van der Waals surface area contributed by atoms with E-state index < -0.39 is 0 Å². The fourth-order valence-electron chi connectivity index (χ4n) is 1.57. The minimum atomic E-state index is -0.376. The van der Waals surface area contributed by atoms with Gasteiger partial charge in [0.1, 0.15) is 11.6 Å². The summed E-state index contributed by atoms with van der Waals surface area (Å²) in [6.45, 7) is 1.75. The van der Waals surface area contributed by atoms with Crippen LogP contribution in [0.5, 0.6) is 11.6 Å². The molecule has 0 radical (unpaired) electrons. The number of aryl methyl sites for hydroxylation is 1. The molecular weight excluding hydrogens is 329 g/mol. The number of pyridine rings is 1. The molecule has 7 heteroatoms. The van der Waals surface area contributed by atoms with Crippen molar-refractivity contribution in [2.24, 2.45) is 10.9 Å². The highest BCUT2D eigenvalue weighted by Gasteiger charge is 2.09. The zero-order valence-corrected chi connectivity index (χ0v) is 12.1. The lowest BCUT2D eigenvalue weighted by Crippen LogP contribution is -2.13. The highest BCUT2D eigenvalue weighted by Crippen LogP contribution is 2.29. The molecule has 0 aliphatic carbocycles. The third kappa shape index (κ3) is 3.24. The summed E-state index contributed by atoms with van der Waals surface area (Å²) in [7, 11) is 0. The minimum Gasteiger partial charge on any atom is -0.438 e. The zero-order chi connectivity index (χ0) is 14.7. The van der Waals surface area contributed by atoms with Crippen molar-refractivity contribution < 1.29 is 14.3 Å². The second-order valence-electron chi connectivity index (χ2n) is 4.00. The number of nitrogens with two attached hydrogens (primary N) is 1. The molecule has 0 aliphatic rings. The molecular formula is C13H11BrFN3O2. The van der Waals surface area contributed by atoms with Crippen LogP contribution >= 0.6 is 15.9 Å². The van der Waals surface area contributed by atoms with E-state index in [2.05, 4.69) is 26.1 Å². The first kappa shape index (κ1) is 14.3. The molecule has 0 atom stereocenters. The Bertz CT molecular complexity index is 677. The van der Waals surface area contributed by atoms with Gasteiger partial charge in [0.2, 0.25) is 5.88 Å². The van der Waals surface area contributed by atoms with Gasteiger partial charge in [-0.2, -0.15) is 0 Å². The molecule has 0 saturated carbocycles. The molecule has 2 aromatic rings. The van der Waals surface area contributed by atoms with Gasteiger partial charge in [-0.15, -0.1) is 0 Å². The number of nitrogens with zero attached hydrogens (tertiary/aromatic N) is 2. The molecule has 0 fully saturated rings. The predicted octanol–water partition coefficient (Wildman–Crippen LogP) is 3.18. The van der Waals surface area contributed by atoms with Crippen molar-refractivity contribution in [1.82, 2.24) is 4.98 Å². The quantitative estimate of drug-likeness (QED) is 0.389. The second-order valence-corrected chi connectivity index (χ2v) is 4.85. The van der Waals surface area contributed by atoms with E-state index in [1.54, 1.807) is 13.0 Å². The van der Waals surface area contributed by atoms with Gasteiger partial charge in [0.15, 0.2) is 5.84 Å². The maximum Gasteiger partial charge on any atom is 0.220 e. The Morgan fingerprint density at radius 2 is 2.15 bits per heavy atom. The summed E-state index contributed by atoms with van der Waals surface area (Å²) in [6, 6.07) is 7.22. The van der Waals surface area contributed by atoms with Crippen LogP contribution in [0.4, 0.5) is 4.39 Å². The molecule has 5 nitrogen and oxygen atoms in total. The summed E-state index contributed by atoms with van der Waals surface area (Å²) < 4.78 is 19.0. The molecule has 0 aliphatic heterocycles. The molecule has 104 valence electrons. The first-order chi connectivity index (χ1) is 9.49. The number of oxime groups is 1. The van der Waals surface area contributed by atoms with Crippen molar-refractivity contribution in [1.29, 1.82) is 0 Å². The van der Waals surface area contributed by atoms with Crippen molar-refractivity contribution in [3.05, 3.63) is 51.9 Å². The topological polar surface area (TPSA) is 80.7 Å². The average molecular weight is 340 g/mol. The normalized spacial score (nSPS) is 11.4. The maximum atomic E-state index is 13.0. The SMILES string of the molecule is Cc1cc(/C(N)=N/O)cc(Oc2ccc(F)cc2Br)n1. The van der Waals surface area contributed by atoms with Crippen LogP contribution in [0.1, 0.15) is 11.3 Å². The van der Waals surface area contributed by atoms with Crippen LogP contribution in [0.15, 0.2) is 40.0 Å². The van der Waals surface area contributed by atoms with E-state index in [4.69, 9.17) is 15.7 Å². The van der Waals surface area contributed by atoms with Crippen LogP contribution in [0.3, 0.4) is 0 Å². The summed E-state index contributed by atoms with van der Waals surface area (Å²) in [6.07, 6.45) is 0. The summed E-state index contributed by atoms with van der Waals surface area (Å²) >= 11 is 3.20. The molecule has 0 saturated heterocycles. The van der Waals surface area contributed by atoms with Crippen molar-refractivity contribution in [2.75, 3.05) is 0 Å². The molecule has 1 aromatic carbocycles. The summed E-state index contributed by atoms with van der Waals surface area (Å²) in [5.74, 6) is 0.256. The smallest absolute Gasteiger partial charge is 0.220 e. The number of benzene rings is 1. The highest BCUT2D eigenvalue weighted by atomic mass is 79.9. The number of ether oxygens (including phenoxy) is 1. The highest BCUT2D eigenvalue weighted by molar-refractivity contribution is 9.10. The number of hydrogen-bond donors (Lipinski definition) is 2. The second kappa shape index (κ2) is 5.87. The minimum absolute atomic E-state index is 0.0430. The van der Waals surface area contributed by atoms with Gasteiger partial charge in [-0.3, -0.25) is 0 Å². The first-order valence-corrected chi connectivity index (χ1v) is 6.38. The molecule has 0 bridgehead atoms. The molecule has 20 heavy (non-hydrogen) atoms. The van der Waals surface area contributed by atoms with Crippen LogP contribution < -0.4 is 10.5 Å². The molecule has 2 rings (SSSR count). The van der Waals surface area contributed by atoms with Crippen molar-refractivity contribution >= 4 is 21.8 Å². The van der Waals surface area contributed by atoms with Crippen molar-refractivity contribution in [2.45, 2.75) is 6.92 Å². The Balaban J connectivity index is 2.36. The van der Waals surface area contributed by atoms with E-state index in [0.29, 0.717) is 21.5 Å². The van der Waals surface area contributed by atoms with E-state index in [1.165, 1.54) is 24.3 Å². The van der Waals surface area contributed by atoms with Crippen LogP contribution in [0, 0.1) is 12.7 Å². The predicted molar refractivity (Wildman–Crippen MR) is 75.7 cm³/mol. The Hall–Kier alpha value is -2.15. The Labute approximate surface area is 123 Å². The van der Waals surface area contributed by atoms with Crippen molar-refractivity contribution in [3.63, 3.8) is 0 Å². The van der Waals surface area contributed by atoms with Crippen LogP contribution in [0.25, 0.3) is 0 Å². The number of aromatic nitrogens is 1.